The average molecular weight is 496 g/mol. The minimum atomic E-state index is -3.65. The minimum absolute atomic E-state index is 0.116. The van der Waals surface area contributed by atoms with Gasteiger partial charge in [0.1, 0.15) is 5.75 Å². The van der Waals surface area contributed by atoms with E-state index in [4.69, 9.17) is 9.47 Å². The molecular weight excluding hydrogens is 470 g/mol. The Labute approximate surface area is 193 Å². The molecule has 2 aliphatic rings. The zero-order valence-electron chi connectivity index (χ0n) is 18.0. The lowest BCUT2D eigenvalue weighted by atomic mass is 10.2. The van der Waals surface area contributed by atoms with Crippen LogP contribution in [0.3, 0.4) is 0 Å². The molecule has 1 saturated heterocycles. The van der Waals surface area contributed by atoms with Crippen LogP contribution in [0.4, 0.5) is 11.4 Å². The predicted octanol–water partition coefficient (Wildman–Crippen LogP) is 1.26. The van der Waals surface area contributed by atoms with Crippen LogP contribution in [0, 0.1) is 0 Å². The molecule has 0 spiro atoms. The Hall–Kier alpha value is -2.67. The van der Waals surface area contributed by atoms with Gasteiger partial charge in [-0.3, -0.25) is 9.10 Å². The SMILES string of the molecule is CCS(=O)(=O)N1C[C@@H](C(=O)Nc2ccc(S(=O)(=O)N3CCOCC3)cc2)Oc2ccccc21. The van der Waals surface area contributed by atoms with Crippen molar-refractivity contribution in [1.82, 2.24) is 4.31 Å². The maximum Gasteiger partial charge on any atom is 0.267 e. The molecule has 1 N–H and O–H groups in total. The highest BCUT2D eigenvalue weighted by Crippen LogP contribution is 2.35. The summed E-state index contributed by atoms with van der Waals surface area (Å²) in [5, 5.41) is 2.68. The molecule has 0 bridgehead atoms. The van der Waals surface area contributed by atoms with Gasteiger partial charge in [0, 0.05) is 18.8 Å². The van der Waals surface area contributed by atoms with E-state index >= 15 is 0 Å². The van der Waals surface area contributed by atoms with Crippen molar-refractivity contribution in [2.75, 3.05) is 48.2 Å². The van der Waals surface area contributed by atoms with Gasteiger partial charge in [0.05, 0.1) is 36.1 Å². The fourth-order valence-electron chi connectivity index (χ4n) is 3.63. The summed E-state index contributed by atoms with van der Waals surface area (Å²) in [6.07, 6.45) is -1.07. The van der Waals surface area contributed by atoms with Crippen LogP contribution < -0.4 is 14.4 Å². The topological polar surface area (TPSA) is 122 Å². The van der Waals surface area contributed by atoms with E-state index in [9.17, 15) is 21.6 Å². The number of benzene rings is 2. The second kappa shape index (κ2) is 9.29. The summed E-state index contributed by atoms with van der Waals surface area (Å²) < 4.78 is 64.2. The molecule has 178 valence electrons. The van der Waals surface area contributed by atoms with E-state index in [1.807, 2.05) is 0 Å². The second-order valence-corrected chi connectivity index (χ2v) is 11.7. The fraction of sp³-hybridized carbons (Fsp3) is 0.381. The molecule has 1 fully saturated rings. The molecule has 33 heavy (non-hydrogen) atoms. The molecule has 0 aromatic heterocycles. The van der Waals surface area contributed by atoms with Gasteiger partial charge in [0.15, 0.2) is 6.10 Å². The molecule has 2 aromatic carbocycles. The van der Waals surface area contributed by atoms with Gasteiger partial charge >= 0.3 is 0 Å². The van der Waals surface area contributed by atoms with Gasteiger partial charge in [-0.25, -0.2) is 16.8 Å². The van der Waals surface area contributed by atoms with Gasteiger partial charge in [-0.1, -0.05) is 12.1 Å². The fourth-order valence-corrected chi connectivity index (χ4v) is 6.16. The maximum atomic E-state index is 12.9. The summed E-state index contributed by atoms with van der Waals surface area (Å²) in [5.74, 6) is -0.355. The van der Waals surface area contributed by atoms with Crippen molar-refractivity contribution in [3.63, 3.8) is 0 Å². The van der Waals surface area contributed by atoms with Crippen LogP contribution in [0.15, 0.2) is 53.4 Å². The van der Waals surface area contributed by atoms with E-state index in [0.717, 1.165) is 0 Å². The predicted molar refractivity (Wildman–Crippen MR) is 122 cm³/mol. The number of morpholine rings is 1. The van der Waals surface area contributed by atoms with Crippen molar-refractivity contribution in [1.29, 1.82) is 0 Å². The van der Waals surface area contributed by atoms with Crippen molar-refractivity contribution in [3.05, 3.63) is 48.5 Å². The molecule has 4 rings (SSSR count). The van der Waals surface area contributed by atoms with Gasteiger partial charge in [-0.15, -0.1) is 0 Å². The lowest BCUT2D eigenvalue weighted by Gasteiger charge is -2.34. The van der Waals surface area contributed by atoms with Crippen LogP contribution in [0.5, 0.6) is 5.75 Å². The van der Waals surface area contributed by atoms with Crippen LogP contribution in [-0.2, 0) is 29.6 Å². The Bertz CT molecular complexity index is 1220. The number of amides is 1. The number of fused-ring (bicyclic) bond motifs is 1. The highest BCUT2D eigenvalue weighted by atomic mass is 32.2. The van der Waals surface area contributed by atoms with Crippen molar-refractivity contribution in [2.24, 2.45) is 0 Å². The van der Waals surface area contributed by atoms with E-state index in [2.05, 4.69) is 5.32 Å². The first-order chi connectivity index (χ1) is 15.7. The molecule has 0 saturated carbocycles. The third-order valence-corrected chi connectivity index (χ3v) is 9.12. The number of para-hydroxylation sites is 2. The Balaban J connectivity index is 1.49. The number of nitrogens with one attached hydrogen (secondary N) is 1. The number of sulfonamides is 2. The number of rotatable bonds is 6. The molecule has 0 unspecified atom stereocenters. The Morgan fingerprint density at radius 2 is 1.70 bits per heavy atom. The average Bonchev–Trinajstić information content (AvgIpc) is 2.84. The summed E-state index contributed by atoms with van der Waals surface area (Å²) >= 11 is 0. The van der Waals surface area contributed by atoms with Crippen molar-refractivity contribution in [3.8, 4) is 5.75 Å². The van der Waals surface area contributed by atoms with E-state index in [-0.39, 0.29) is 17.2 Å². The lowest BCUT2D eigenvalue weighted by molar-refractivity contribution is -0.122. The van der Waals surface area contributed by atoms with Crippen LogP contribution in [-0.4, -0.2) is 71.8 Å². The molecule has 0 radical (unpaired) electrons. The molecule has 1 atom stereocenters. The van der Waals surface area contributed by atoms with Gasteiger partial charge < -0.3 is 14.8 Å². The van der Waals surface area contributed by atoms with Crippen molar-refractivity contribution in [2.45, 2.75) is 17.9 Å². The summed E-state index contributed by atoms with van der Waals surface area (Å²) in [6.45, 7) is 2.65. The molecular formula is C21H25N3O7S2. The standard InChI is InChI=1S/C21H25N3O7S2/c1-2-32(26,27)24-15-20(31-19-6-4-3-5-18(19)24)21(25)22-16-7-9-17(10-8-16)33(28,29)23-11-13-30-14-12-23/h3-10,20H,2,11-15H2,1H3,(H,22,25)/t20-/m0/s1. The van der Waals surface area contributed by atoms with Crippen LogP contribution >= 0.6 is 0 Å². The van der Waals surface area contributed by atoms with Gasteiger partial charge in [-0.05, 0) is 43.3 Å². The second-order valence-electron chi connectivity index (χ2n) is 7.54. The number of hydrogen-bond donors (Lipinski definition) is 1. The summed E-state index contributed by atoms with van der Waals surface area (Å²) in [4.78, 5) is 13.0. The summed E-state index contributed by atoms with van der Waals surface area (Å²) in [6, 6.07) is 12.5. The summed E-state index contributed by atoms with van der Waals surface area (Å²) in [5.41, 5.74) is 0.759. The zero-order chi connectivity index (χ0) is 23.6. The highest BCUT2D eigenvalue weighted by Gasteiger charge is 2.36. The molecule has 2 heterocycles. The summed E-state index contributed by atoms with van der Waals surface area (Å²) in [7, 11) is -7.26. The van der Waals surface area contributed by atoms with E-state index in [1.54, 1.807) is 24.3 Å². The van der Waals surface area contributed by atoms with Crippen LogP contribution in [0.25, 0.3) is 0 Å². The molecule has 2 aliphatic heterocycles. The van der Waals surface area contributed by atoms with Crippen molar-refractivity contribution < 1.29 is 31.1 Å². The largest absolute Gasteiger partial charge is 0.476 e. The number of carbonyl (C=O) groups is 1. The van der Waals surface area contributed by atoms with Crippen molar-refractivity contribution >= 4 is 37.3 Å². The third kappa shape index (κ3) is 4.83. The Morgan fingerprint density at radius 1 is 1.03 bits per heavy atom. The maximum absolute atomic E-state index is 12.9. The molecule has 10 nitrogen and oxygen atoms in total. The normalized spacial score (nSPS) is 19.4. The minimum Gasteiger partial charge on any atom is -0.476 e. The first-order valence-corrected chi connectivity index (χ1v) is 13.5. The molecule has 2 aromatic rings. The number of nitrogens with zero attached hydrogens (tertiary/aromatic N) is 2. The number of ether oxygens (including phenoxy) is 2. The number of hydrogen-bond acceptors (Lipinski definition) is 7. The van der Waals surface area contributed by atoms with Crippen LogP contribution in [0.2, 0.25) is 0 Å². The third-order valence-electron chi connectivity index (χ3n) is 5.46. The highest BCUT2D eigenvalue weighted by molar-refractivity contribution is 7.92. The van der Waals surface area contributed by atoms with E-state index in [0.29, 0.717) is 43.4 Å². The first-order valence-electron chi connectivity index (χ1n) is 10.5. The monoisotopic (exact) mass is 495 g/mol. The Kier molecular flexibility index (Phi) is 6.61. The van der Waals surface area contributed by atoms with Crippen LogP contribution in [0.1, 0.15) is 6.92 Å². The lowest BCUT2D eigenvalue weighted by Crippen LogP contribution is -2.49. The first kappa shape index (κ1) is 23.5. The Morgan fingerprint density at radius 3 is 2.36 bits per heavy atom. The van der Waals surface area contributed by atoms with Gasteiger partial charge in [0.25, 0.3) is 5.91 Å². The molecule has 0 aliphatic carbocycles. The zero-order valence-corrected chi connectivity index (χ0v) is 19.6. The van der Waals surface area contributed by atoms with E-state index < -0.39 is 32.1 Å². The van der Waals surface area contributed by atoms with Gasteiger partial charge in [-0.2, -0.15) is 4.31 Å². The quantitative estimate of drug-likeness (QED) is 0.640. The molecule has 1 amide bonds. The molecule has 12 heteroatoms. The number of anilines is 2. The van der Waals surface area contributed by atoms with Gasteiger partial charge in [0.2, 0.25) is 20.0 Å². The van der Waals surface area contributed by atoms with E-state index in [1.165, 1.54) is 39.8 Å². The number of carbonyl (C=O) groups excluding carboxylic acids is 1. The smallest absolute Gasteiger partial charge is 0.267 e.